The van der Waals surface area contributed by atoms with Crippen molar-refractivity contribution < 1.29 is 19.0 Å². The molecular formula is C14H18FNO3. The lowest BCUT2D eigenvalue weighted by atomic mass is 10.1. The molecule has 1 aromatic carbocycles. The van der Waals surface area contributed by atoms with Crippen LogP contribution in [0, 0.1) is 5.82 Å². The highest BCUT2D eigenvalue weighted by molar-refractivity contribution is 5.87. The molecule has 19 heavy (non-hydrogen) atoms. The highest BCUT2D eigenvalue weighted by atomic mass is 19.1. The Bertz CT molecular complexity index is 478. The van der Waals surface area contributed by atoms with Crippen molar-refractivity contribution in [3.63, 3.8) is 0 Å². The zero-order chi connectivity index (χ0) is 14.0. The van der Waals surface area contributed by atoms with E-state index < -0.39 is 11.8 Å². The van der Waals surface area contributed by atoms with E-state index in [0.29, 0.717) is 12.6 Å². The molecule has 1 heterocycles. The zero-order valence-corrected chi connectivity index (χ0v) is 11.1. The van der Waals surface area contributed by atoms with Gasteiger partial charge in [-0.05, 0) is 38.1 Å². The van der Waals surface area contributed by atoms with E-state index in [1.54, 1.807) is 6.07 Å². The van der Waals surface area contributed by atoms with Crippen molar-refractivity contribution in [2.75, 3.05) is 13.7 Å². The van der Waals surface area contributed by atoms with Crippen LogP contribution in [-0.2, 0) is 11.3 Å². The van der Waals surface area contributed by atoms with Crippen LogP contribution in [0.3, 0.4) is 0 Å². The van der Waals surface area contributed by atoms with Crippen molar-refractivity contribution in [2.24, 2.45) is 0 Å². The third-order valence-corrected chi connectivity index (χ3v) is 3.60. The summed E-state index contributed by atoms with van der Waals surface area (Å²) in [6.45, 7) is 3.36. The van der Waals surface area contributed by atoms with E-state index >= 15 is 0 Å². The normalized spacial score (nSPS) is 22.9. The van der Waals surface area contributed by atoms with Gasteiger partial charge in [0.1, 0.15) is 5.82 Å². The van der Waals surface area contributed by atoms with Crippen molar-refractivity contribution in [3.05, 3.63) is 35.1 Å². The third kappa shape index (κ3) is 3.11. The summed E-state index contributed by atoms with van der Waals surface area (Å²) in [6, 6.07) is 4.58. The number of carbonyl (C=O) groups is 1. The van der Waals surface area contributed by atoms with Crippen molar-refractivity contribution >= 4 is 5.97 Å². The van der Waals surface area contributed by atoms with E-state index in [-0.39, 0.29) is 11.7 Å². The van der Waals surface area contributed by atoms with Crippen molar-refractivity contribution in [3.8, 4) is 0 Å². The van der Waals surface area contributed by atoms with Gasteiger partial charge in [0.05, 0.1) is 11.7 Å². The number of aromatic carboxylic acids is 1. The van der Waals surface area contributed by atoms with Gasteiger partial charge in [0, 0.05) is 19.2 Å². The van der Waals surface area contributed by atoms with Gasteiger partial charge in [-0.25, -0.2) is 9.18 Å². The van der Waals surface area contributed by atoms with Crippen LogP contribution >= 0.6 is 0 Å². The predicted molar refractivity (Wildman–Crippen MR) is 68.6 cm³/mol. The van der Waals surface area contributed by atoms with Gasteiger partial charge in [0.25, 0.3) is 0 Å². The summed E-state index contributed by atoms with van der Waals surface area (Å²) in [5, 5.41) is 8.78. The Labute approximate surface area is 111 Å². The zero-order valence-electron chi connectivity index (χ0n) is 11.1. The molecule has 5 heteroatoms. The Hall–Kier alpha value is -1.46. The van der Waals surface area contributed by atoms with Gasteiger partial charge in [0.2, 0.25) is 0 Å². The SMILES string of the molecule is CC1OCCC1N(C)Cc1ccc(C(=O)O)c(F)c1. The first-order valence-electron chi connectivity index (χ1n) is 6.32. The van der Waals surface area contributed by atoms with Crippen LogP contribution in [0.25, 0.3) is 0 Å². The Kier molecular flexibility index (Phi) is 4.17. The summed E-state index contributed by atoms with van der Waals surface area (Å²) in [6.07, 6.45) is 1.14. The number of rotatable bonds is 4. The highest BCUT2D eigenvalue weighted by Crippen LogP contribution is 2.20. The second-order valence-corrected chi connectivity index (χ2v) is 4.97. The topological polar surface area (TPSA) is 49.8 Å². The Morgan fingerprint density at radius 1 is 1.58 bits per heavy atom. The fraction of sp³-hybridized carbons (Fsp3) is 0.500. The van der Waals surface area contributed by atoms with Gasteiger partial charge in [-0.2, -0.15) is 0 Å². The quantitative estimate of drug-likeness (QED) is 0.908. The molecule has 1 aliphatic rings. The first-order valence-corrected chi connectivity index (χ1v) is 6.32. The lowest BCUT2D eigenvalue weighted by Crippen LogP contribution is -2.36. The summed E-state index contributed by atoms with van der Waals surface area (Å²) in [7, 11) is 1.97. The lowest BCUT2D eigenvalue weighted by Gasteiger charge is -2.26. The van der Waals surface area contributed by atoms with E-state index in [1.807, 2.05) is 14.0 Å². The Balaban J connectivity index is 2.07. The van der Waals surface area contributed by atoms with E-state index in [9.17, 15) is 9.18 Å². The maximum Gasteiger partial charge on any atom is 0.338 e. The number of ether oxygens (including phenoxy) is 1. The highest BCUT2D eigenvalue weighted by Gasteiger charge is 2.27. The molecule has 2 unspecified atom stereocenters. The minimum atomic E-state index is -1.24. The molecule has 1 saturated heterocycles. The van der Waals surface area contributed by atoms with Crippen molar-refractivity contribution in [2.45, 2.75) is 32.0 Å². The van der Waals surface area contributed by atoms with Gasteiger partial charge >= 0.3 is 5.97 Å². The number of nitrogens with zero attached hydrogens (tertiary/aromatic N) is 1. The number of hydrogen-bond donors (Lipinski definition) is 1. The molecule has 4 nitrogen and oxygen atoms in total. The molecule has 0 aliphatic carbocycles. The molecule has 1 fully saturated rings. The maximum atomic E-state index is 13.6. The summed E-state index contributed by atoms with van der Waals surface area (Å²) >= 11 is 0. The van der Waals surface area contributed by atoms with E-state index in [1.165, 1.54) is 12.1 Å². The molecule has 0 aromatic heterocycles. The predicted octanol–water partition coefficient (Wildman–Crippen LogP) is 2.13. The first-order chi connectivity index (χ1) is 8.99. The fourth-order valence-electron chi connectivity index (χ4n) is 2.53. The van der Waals surface area contributed by atoms with Crippen molar-refractivity contribution in [1.29, 1.82) is 0 Å². The Morgan fingerprint density at radius 3 is 2.84 bits per heavy atom. The lowest BCUT2D eigenvalue weighted by molar-refractivity contribution is 0.0692. The summed E-state index contributed by atoms with van der Waals surface area (Å²) < 4.78 is 19.1. The molecule has 104 valence electrons. The number of hydrogen-bond acceptors (Lipinski definition) is 3. The molecule has 1 aromatic rings. The number of carboxylic acid groups (broad SMARTS) is 1. The summed E-state index contributed by atoms with van der Waals surface area (Å²) in [5.41, 5.74) is 0.480. The van der Waals surface area contributed by atoms with Gasteiger partial charge in [-0.1, -0.05) is 6.07 Å². The standard InChI is InChI=1S/C14H18FNO3/c1-9-13(5-6-19-9)16(2)8-10-3-4-11(14(17)18)12(15)7-10/h3-4,7,9,13H,5-6,8H2,1-2H3,(H,17,18). The van der Waals surface area contributed by atoms with Gasteiger partial charge in [-0.3, -0.25) is 4.90 Å². The molecular weight excluding hydrogens is 249 g/mol. The molecule has 2 atom stereocenters. The van der Waals surface area contributed by atoms with Crippen LogP contribution in [0.2, 0.25) is 0 Å². The first kappa shape index (κ1) is 14.0. The van der Waals surface area contributed by atoms with E-state index in [2.05, 4.69) is 4.90 Å². The van der Waals surface area contributed by atoms with Crippen LogP contribution < -0.4 is 0 Å². The average molecular weight is 267 g/mol. The number of halogens is 1. The van der Waals surface area contributed by atoms with E-state index in [4.69, 9.17) is 9.84 Å². The van der Waals surface area contributed by atoms with E-state index in [0.717, 1.165) is 18.6 Å². The van der Waals surface area contributed by atoms with Gasteiger partial charge < -0.3 is 9.84 Å². The number of benzene rings is 1. The maximum absolute atomic E-state index is 13.6. The summed E-state index contributed by atoms with van der Waals surface area (Å²) in [4.78, 5) is 12.9. The molecule has 1 aliphatic heterocycles. The van der Waals surface area contributed by atoms with Crippen LogP contribution in [0.1, 0.15) is 29.3 Å². The third-order valence-electron chi connectivity index (χ3n) is 3.60. The Morgan fingerprint density at radius 2 is 2.32 bits per heavy atom. The molecule has 0 radical (unpaired) electrons. The van der Waals surface area contributed by atoms with Crippen molar-refractivity contribution in [1.82, 2.24) is 4.90 Å². The average Bonchev–Trinajstić information content (AvgIpc) is 2.75. The second-order valence-electron chi connectivity index (χ2n) is 4.97. The molecule has 0 bridgehead atoms. The van der Waals surface area contributed by atoms with Crippen LogP contribution in [-0.4, -0.2) is 41.8 Å². The smallest absolute Gasteiger partial charge is 0.338 e. The fourth-order valence-corrected chi connectivity index (χ4v) is 2.53. The molecule has 0 spiro atoms. The van der Waals surface area contributed by atoms with Crippen LogP contribution in [0.15, 0.2) is 18.2 Å². The monoisotopic (exact) mass is 267 g/mol. The second kappa shape index (κ2) is 5.67. The van der Waals surface area contributed by atoms with Crippen LogP contribution in [0.4, 0.5) is 4.39 Å². The minimum absolute atomic E-state index is 0.174. The number of likely N-dealkylation sites (N-methyl/N-ethyl adjacent to an activating group) is 1. The summed E-state index contributed by atoms with van der Waals surface area (Å²) in [5.74, 6) is -1.93. The minimum Gasteiger partial charge on any atom is -0.478 e. The van der Waals surface area contributed by atoms with Gasteiger partial charge in [0.15, 0.2) is 0 Å². The molecule has 2 rings (SSSR count). The number of carboxylic acids is 1. The largest absolute Gasteiger partial charge is 0.478 e. The van der Waals surface area contributed by atoms with Crippen LogP contribution in [0.5, 0.6) is 0 Å². The molecule has 0 saturated carbocycles. The molecule has 0 amide bonds. The molecule has 1 N–H and O–H groups in total. The van der Waals surface area contributed by atoms with Gasteiger partial charge in [-0.15, -0.1) is 0 Å².